The maximum Gasteiger partial charge on any atom is 0.146 e. The largest absolute Gasteiger partial charge is 0.378 e. The molecule has 4 heterocycles. The molecular weight excluding hydrogens is 484 g/mol. The van der Waals surface area contributed by atoms with Gasteiger partial charge in [-0.3, -0.25) is 4.98 Å². The normalized spacial score (nSPS) is 17.4. The third kappa shape index (κ3) is 6.09. The van der Waals surface area contributed by atoms with Gasteiger partial charge in [0.25, 0.3) is 0 Å². The number of benzene rings is 1. The topological polar surface area (TPSA) is 94.0 Å². The van der Waals surface area contributed by atoms with Gasteiger partial charge in [0.05, 0.1) is 5.69 Å². The van der Waals surface area contributed by atoms with E-state index in [1.165, 1.54) is 24.0 Å². The number of nitrogens with zero attached hydrogens (tertiary/aromatic N) is 3. The number of anilines is 2. The van der Waals surface area contributed by atoms with Gasteiger partial charge in [0.15, 0.2) is 0 Å². The van der Waals surface area contributed by atoms with Crippen LogP contribution in [0.1, 0.15) is 72.5 Å². The first-order chi connectivity index (χ1) is 18.9. The van der Waals surface area contributed by atoms with E-state index in [0.29, 0.717) is 23.9 Å². The molecule has 0 aliphatic carbocycles. The highest BCUT2D eigenvalue weighted by Gasteiger charge is 2.24. The minimum absolute atomic E-state index is 0.473. The standard InChI is InChI=1S/C32H38N6O/c1-4-5-25(33)18-26-7-6-24(19-35-26)29-17-23-10-13-34-30(20-39)31(23)32(37-29)36-27-8-9-28(21(2)16-27)22-11-14-38(3)15-12-22/h6-10,13,16-17,19-20,22,30,33-34H,4-5,11-12,14-15,18H2,1-3H3,(H,36,37). The van der Waals surface area contributed by atoms with Crippen molar-refractivity contribution in [3.05, 3.63) is 76.7 Å². The summed E-state index contributed by atoms with van der Waals surface area (Å²) in [6, 6.07) is 12.1. The molecular formula is C32H38N6O. The summed E-state index contributed by atoms with van der Waals surface area (Å²) in [5.74, 6) is 1.26. The number of fused-ring (bicyclic) bond motifs is 1. The number of piperidine rings is 1. The van der Waals surface area contributed by atoms with Gasteiger partial charge in [-0.15, -0.1) is 0 Å². The molecule has 0 saturated carbocycles. The molecule has 39 heavy (non-hydrogen) atoms. The molecule has 1 fully saturated rings. The van der Waals surface area contributed by atoms with E-state index in [-0.39, 0.29) is 0 Å². The number of likely N-dealkylation sites (tertiary alicyclic amines) is 1. The molecule has 2 aliphatic rings. The summed E-state index contributed by atoms with van der Waals surface area (Å²) >= 11 is 0. The van der Waals surface area contributed by atoms with E-state index in [4.69, 9.17) is 10.4 Å². The number of rotatable bonds is 9. The number of aldehydes is 1. The Morgan fingerprint density at radius 1 is 1.21 bits per heavy atom. The molecule has 202 valence electrons. The van der Waals surface area contributed by atoms with Crippen LogP contribution in [0.2, 0.25) is 0 Å². The number of nitrogens with one attached hydrogen (secondary N) is 3. The summed E-state index contributed by atoms with van der Waals surface area (Å²) in [4.78, 5) is 24.0. The Kier molecular flexibility index (Phi) is 8.17. The van der Waals surface area contributed by atoms with Crippen molar-refractivity contribution in [2.75, 3.05) is 25.5 Å². The summed E-state index contributed by atoms with van der Waals surface area (Å²) in [5.41, 5.74) is 8.72. The fourth-order valence-corrected chi connectivity index (χ4v) is 5.67. The zero-order chi connectivity index (χ0) is 27.4. The Balaban J connectivity index is 1.45. The van der Waals surface area contributed by atoms with Crippen molar-refractivity contribution in [2.45, 2.75) is 57.9 Å². The summed E-state index contributed by atoms with van der Waals surface area (Å²) < 4.78 is 0. The number of hydrogen-bond donors (Lipinski definition) is 3. The lowest BCUT2D eigenvalue weighted by Crippen LogP contribution is -2.29. The second-order valence-corrected chi connectivity index (χ2v) is 10.8. The van der Waals surface area contributed by atoms with Crippen molar-refractivity contribution in [2.24, 2.45) is 0 Å². The summed E-state index contributed by atoms with van der Waals surface area (Å²) in [6.07, 6.45) is 11.3. The van der Waals surface area contributed by atoms with Crippen LogP contribution in [0.5, 0.6) is 0 Å². The number of carbonyl (C=O) groups is 1. The predicted molar refractivity (Wildman–Crippen MR) is 159 cm³/mol. The fourth-order valence-electron chi connectivity index (χ4n) is 5.67. The van der Waals surface area contributed by atoms with E-state index < -0.39 is 6.04 Å². The van der Waals surface area contributed by atoms with Crippen molar-refractivity contribution in [1.29, 1.82) is 5.41 Å². The van der Waals surface area contributed by atoms with E-state index in [1.807, 2.05) is 36.7 Å². The molecule has 0 spiro atoms. The molecule has 1 saturated heterocycles. The zero-order valence-electron chi connectivity index (χ0n) is 23.1. The number of hydrogen-bond acceptors (Lipinski definition) is 7. The van der Waals surface area contributed by atoms with Crippen LogP contribution in [0, 0.1) is 12.3 Å². The monoisotopic (exact) mass is 522 g/mol. The van der Waals surface area contributed by atoms with Gasteiger partial charge in [-0.1, -0.05) is 19.4 Å². The van der Waals surface area contributed by atoms with Crippen LogP contribution < -0.4 is 10.6 Å². The lowest BCUT2D eigenvalue weighted by Gasteiger charge is -2.30. The number of aromatic nitrogens is 2. The molecule has 1 unspecified atom stereocenters. The Bertz CT molecular complexity index is 1370. The van der Waals surface area contributed by atoms with E-state index in [1.54, 1.807) is 0 Å². The second kappa shape index (κ2) is 11.9. The van der Waals surface area contributed by atoms with Crippen LogP contribution >= 0.6 is 0 Å². The highest BCUT2D eigenvalue weighted by molar-refractivity contribution is 5.83. The molecule has 0 bridgehead atoms. The number of carbonyl (C=O) groups excluding carboxylic acids is 1. The smallest absolute Gasteiger partial charge is 0.146 e. The molecule has 3 N–H and O–H groups in total. The van der Waals surface area contributed by atoms with Gasteiger partial charge in [0.1, 0.15) is 18.1 Å². The summed E-state index contributed by atoms with van der Waals surface area (Å²) in [7, 11) is 2.19. The quantitative estimate of drug-likeness (QED) is 0.229. The zero-order valence-corrected chi connectivity index (χ0v) is 23.1. The maximum absolute atomic E-state index is 12.0. The SMILES string of the molecule is CCCC(=N)Cc1ccc(-c2cc3c(c(Nc4ccc(C5CCN(C)CC5)c(C)c4)n2)C(C=O)NC=C3)cn1. The third-order valence-corrected chi connectivity index (χ3v) is 7.83. The third-order valence-electron chi connectivity index (χ3n) is 7.83. The average Bonchev–Trinajstić information content (AvgIpc) is 2.94. The Morgan fingerprint density at radius 2 is 2.03 bits per heavy atom. The molecule has 1 atom stereocenters. The Hall–Kier alpha value is -3.84. The van der Waals surface area contributed by atoms with Gasteiger partial charge in [-0.25, -0.2) is 4.98 Å². The molecule has 5 rings (SSSR count). The summed E-state index contributed by atoms with van der Waals surface area (Å²) in [5, 5.41) is 14.8. The van der Waals surface area contributed by atoms with E-state index in [2.05, 4.69) is 59.6 Å². The minimum Gasteiger partial charge on any atom is -0.378 e. The van der Waals surface area contributed by atoms with Crippen LogP contribution in [0.4, 0.5) is 11.5 Å². The van der Waals surface area contributed by atoms with Gasteiger partial charge < -0.3 is 25.7 Å². The van der Waals surface area contributed by atoms with Gasteiger partial charge in [-0.2, -0.15) is 0 Å². The van der Waals surface area contributed by atoms with Crippen LogP contribution in [-0.2, 0) is 11.2 Å². The molecule has 2 aliphatic heterocycles. The van der Waals surface area contributed by atoms with Gasteiger partial charge in [0.2, 0.25) is 0 Å². The van der Waals surface area contributed by atoms with Crippen LogP contribution in [0.25, 0.3) is 17.3 Å². The van der Waals surface area contributed by atoms with Crippen LogP contribution in [0.15, 0.2) is 48.8 Å². The van der Waals surface area contributed by atoms with Gasteiger partial charge >= 0.3 is 0 Å². The highest BCUT2D eigenvalue weighted by atomic mass is 16.1. The molecule has 7 nitrogen and oxygen atoms in total. The number of aryl methyl sites for hydroxylation is 1. The predicted octanol–water partition coefficient (Wildman–Crippen LogP) is 6.18. The molecule has 7 heteroatoms. The van der Waals surface area contributed by atoms with Gasteiger partial charge in [0, 0.05) is 40.8 Å². The molecule has 0 amide bonds. The van der Waals surface area contributed by atoms with E-state index in [0.717, 1.165) is 66.0 Å². The molecule has 2 aromatic heterocycles. The molecule has 0 radical (unpaired) electrons. The van der Waals surface area contributed by atoms with Crippen LogP contribution in [0.3, 0.4) is 0 Å². The highest BCUT2D eigenvalue weighted by Crippen LogP contribution is 2.36. The molecule has 1 aromatic carbocycles. The average molecular weight is 523 g/mol. The number of pyridine rings is 2. The van der Waals surface area contributed by atoms with Crippen LogP contribution in [-0.4, -0.2) is 47.0 Å². The molecule has 3 aromatic rings. The lowest BCUT2D eigenvalue weighted by molar-refractivity contribution is -0.109. The van der Waals surface area contributed by atoms with E-state index in [9.17, 15) is 4.79 Å². The van der Waals surface area contributed by atoms with E-state index >= 15 is 0 Å². The lowest BCUT2D eigenvalue weighted by atomic mass is 9.87. The Labute approximate surface area is 231 Å². The maximum atomic E-state index is 12.0. The second-order valence-electron chi connectivity index (χ2n) is 10.8. The first kappa shape index (κ1) is 26.8. The first-order valence-corrected chi connectivity index (χ1v) is 14.0. The van der Waals surface area contributed by atoms with Crippen molar-refractivity contribution in [3.63, 3.8) is 0 Å². The van der Waals surface area contributed by atoms with Gasteiger partial charge in [-0.05, 0) is 112 Å². The first-order valence-electron chi connectivity index (χ1n) is 14.0. The fraction of sp³-hybridized carbons (Fsp3) is 0.375. The van der Waals surface area contributed by atoms with Crippen molar-refractivity contribution < 1.29 is 4.79 Å². The van der Waals surface area contributed by atoms with Crippen molar-refractivity contribution in [1.82, 2.24) is 20.2 Å². The summed E-state index contributed by atoms with van der Waals surface area (Å²) in [6.45, 7) is 6.54. The Morgan fingerprint density at radius 3 is 2.72 bits per heavy atom. The van der Waals surface area contributed by atoms with Crippen molar-refractivity contribution >= 4 is 29.6 Å². The van der Waals surface area contributed by atoms with Crippen molar-refractivity contribution in [3.8, 4) is 11.3 Å². The minimum atomic E-state index is -0.473.